The maximum atomic E-state index is 12.9. The van der Waals surface area contributed by atoms with E-state index < -0.39 is 0 Å². The van der Waals surface area contributed by atoms with Crippen LogP contribution in [-0.4, -0.2) is 24.0 Å². The molecule has 1 aliphatic carbocycles. The molecule has 0 atom stereocenters. The summed E-state index contributed by atoms with van der Waals surface area (Å²) in [5.41, 5.74) is 4.09. The standard InChI is InChI=1S/C23H29NO2S2/c1-4-21-19-15-23(2,3)12-11-18(19)22(27-21)20(26)10-7-16-5-8-17(9-6-16)28-24-13-14-25/h5-10,24-25H,4,11-15H2,1-3H3/b10-7+. The molecule has 28 heavy (non-hydrogen) atoms. The number of hydrogen-bond donors (Lipinski definition) is 2. The van der Waals surface area contributed by atoms with Crippen LogP contribution in [0.4, 0.5) is 0 Å². The van der Waals surface area contributed by atoms with Crippen molar-refractivity contribution >= 4 is 35.1 Å². The summed E-state index contributed by atoms with van der Waals surface area (Å²) in [6, 6.07) is 8.06. The van der Waals surface area contributed by atoms with E-state index in [0.717, 1.165) is 41.0 Å². The van der Waals surface area contributed by atoms with Crippen LogP contribution in [0.25, 0.3) is 6.08 Å². The number of hydrogen-bond acceptors (Lipinski definition) is 5. The van der Waals surface area contributed by atoms with Gasteiger partial charge in [0.1, 0.15) is 0 Å². The number of ketones is 1. The average molecular weight is 416 g/mol. The molecule has 3 nitrogen and oxygen atoms in total. The fourth-order valence-corrected chi connectivity index (χ4v) is 5.47. The van der Waals surface area contributed by atoms with Crippen molar-refractivity contribution in [2.75, 3.05) is 13.2 Å². The zero-order chi connectivity index (χ0) is 20.1. The lowest BCUT2D eigenvalue weighted by molar-refractivity contribution is 0.105. The van der Waals surface area contributed by atoms with Crippen LogP contribution in [0.1, 0.15) is 58.4 Å². The van der Waals surface area contributed by atoms with Gasteiger partial charge in [0.15, 0.2) is 5.78 Å². The van der Waals surface area contributed by atoms with E-state index in [-0.39, 0.29) is 12.4 Å². The molecule has 1 aromatic heterocycles. The molecule has 3 rings (SSSR count). The van der Waals surface area contributed by atoms with Crippen molar-refractivity contribution in [1.82, 2.24) is 4.72 Å². The van der Waals surface area contributed by atoms with Crippen molar-refractivity contribution in [3.8, 4) is 0 Å². The molecule has 1 aliphatic rings. The average Bonchev–Trinajstić information content (AvgIpc) is 3.04. The smallest absolute Gasteiger partial charge is 0.196 e. The number of aliphatic hydroxyl groups excluding tert-OH is 1. The summed E-state index contributed by atoms with van der Waals surface area (Å²) in [4.78, 5) is 16.3. The lowest BCUT2D eigenvalue weighted by Crippen LogP contribution is -2.22. The lowest BCUT2D eigenvalue weighted by atomic mass is 9.74. The van der Waals surface area contributed by atoms with E-state index in [9.17, 15) is 4.79 Å². The van der Waals surface area contributed by atoms with Crippen LogP contribution in [0.3, 0.4) is 0 Å². The molecule has 2 aromatic rings. The molecule has 0 saturated heterocycles. The molecule has 0 saturated carbocycles. The highest BCUT2D eigenvalue weighted by Crippen LogP contribution is 2.42. The molecule has 0 fully saturated rings. The Kier molecular flexibility index (Phi) is 7.15. The maximum absolute atomic E-state index is 12.9. The van der Waals surface area contributed by atoms with Crippen LogP contribution in [0, 0.1) is 5.41 Å². The van der Waals surface area contributed by atoms with E-state index in [2.05, 4.69) is 25.5 Å². The summed E-state index contributed by atoms with van der Waals surface area (Å²) in [5.74, 6) is 0.128. The Morgan fingerprint density at radius 1 is 1.29 bits per heavy atom. The van der Waals surface area contributed by atoms with Crippen molar-refractivity contribution in [3.63, 3.8) is 0 Å². The van der Waals surface area contributed by atoms with E-state index in [1.165, 1.54) is 28.0 Å². The van der Waals surface area contributed by atoms with Gasteiger partial charge in [-0.3, -0.25) is 9.52 Å². The van der Waals surface area contributed by atoms with Crippen molar-refractivity contribution in [2.45, 2.75) is 51.3 Å². The van der Waals surface area contributed by atoms with Crippen LogP contribution in [0.5, 0.6) is 0 Å². The number of thiophene rings is 1. The van der Waals surface area contributed by atoms with E-state index in [1.807, 2.05) is 30.3 Å². The number of allylic oxidation sites excluding steroid dienone is 1. The topological polar surface area (TPSA) is 49.3 Å². The molecule has 0 aliphatic heterocycles. The molecule has 0 radical (unpaired) electrons. The van der Waals surface area contributed by atoms with Gasteiger partial charge in [-0.05, 0) is 77.9 Å². The lowest BCUT2D eigenvalue weighted by Gasteiger charge is -2.30. The second kappa shape index (κ2) is 9.40. The van der Waals surface area contributed by atoms with Crippen LogP contribution < -0.4 is 4.72 Å². The van der Waals surface area contributed by atoms with Crippen molar-refractivity contribution in [1.29, 1.82) is 0 Å². The van der Waals surface area contributed by atoms with E-state index in [1.54, 1.807) is 17.4 Å². The minimum Gasteiger partial charge on any atom is -0.395 e. The summed E-state index contributed by atoms with van der Waals surface area (Å²) in [6.07, 6.45) is 7.87. The number of benzene rings is 1. The van der Waals surface area contributed by atoms with Gasteiger partial charge in [0.25, 0.3) is 0 Å². The van der Waals surface area contributed by atoms with Crippen molar-refractivity contribution < 1.29 is 9.90 Å². The summed E-state index contributed by atoms with van der Waals surface area (Å²) in [5, 5.41) is 8.81. The van der Waals surface area contributed by atoms with E-state index in [0.29, 0.717) is 12.0 Å². The third kappa shape index (κ3) is 5.15. The Morgan fingerprint density at radius 3 is 2.71 bits per heavy atom. The number of nitrogens with one attached hydrogen (secondary N) is 1. The summed E-state index contributed by atoms with van der Waals surface area (Å²) in [6.45, 7) is 7.53. The van der Waals surface area contributed by atoms with Gasteiger partial charge in [-0.15, -0.1) is 11.3 Å². The summed E-state index contributed by atoms with van der Waals surface area (Å²) < 4.78 is 3.08. The Hall–Kier alpha value is -1.40. The zero-order valence-electron chi connectivity index (χ0n) is 16.9. The summed E-state index contributed by atoms with van der Waals surface area (Å²) in [7, 11) is 0. The van der Waals surface area contributed by atoms with Crippen molar-refractivity contribution in [3.05, 3.63) is 56.8 Å². The number of aryl methyl sites for hydroxylation is 1. The highest BCUT2D eigenvalue weighted by Gasteiger charge is 2.31. The van der Waals surface area contributed by atoms with Gasteiger partial charge in [0.2, 0.25) is 0 Å². The van der Waals surface area contributed by atoms with Gasteiger partial charge in [-0.25, -0.2) is 0 Å². The first-order chi connectivity index (χ1) is 13.4. The van der Waals surface area contributed by atoms with Crippen LogP contribution in [-0.2, 0) is 19.3 Å². The molecule has 0 unspecified atom stereocenters. The van der Waals surface area contributed by atoms with Gasteiger partial charge < -0.3 is 5.11 Å². The van der Waals surface area contributed by atoms with Crippen LogP contribution in [0.2, 0.25) is 0 Å². The fraction of sp³-hybridized carbons (Fsp3) is 0.435. The number of carbonyl (C=O) groups excluding carboxylic acids is 1. The molecule has 2 N–H and O–H groups in total. The SMILES string of the molecule is CCc1sc(C(=O)/C=C/c2ccc(SNCCO)cc2)c2c1CC(C)(C)CC2. The predicted octanol–water partition coefficient (Wildman–Crippen LogP) is 5.31. The highest BCUT2D eigenvalue weighted by atomic mass is 32.2. The van der Waals surface area contributed by atoms with Gasteiger partial charge in [-0.1, -0.05) is 39.0 Å². The molecule has 1 aromatic carbocycles. The van der Waals surface area contributed by atoms with Crippen LogP contribution in [0.15, 0.2) is 35.2 Å². The monoisotopic (exact) mass is 415 g/mol. The Bertz CT molecular complexity index is 850. The minimum atomic E-state index is 0.125. The number of carbonyl (C=O) groups is 1. The van der Waals surface area contributed by atoms with Gasteiger partial charge in [0, 0.05) is 16.3 Å². The molecule has 1 heterocycles. The molecule has 150 valence electrons. The number of aliphatic hydroxyl groups is 1. The molecule has 0 amide bonds. The third-order valence-corrected chi connectivity index (χ3v) is 7.45. The van der Waals surface area contributed by atoms with Crippen molar-refractivity contribution in [2.24, 2.45) is 5.41 Å². The first kappa shape index (κ1) is 21.3. The third-order valence-electron chi connectivity index (χ3n) is 5.16. The Balaban J connectivity index is 1.72. The first-order valence-electron chi connectivity index (χ1n) is 9.90. The molecule has 0 bridgehead atoms. The first-order valence-corrected chi connectivity index (χ1v) is 11.5. The molecule has 5 heteroatoms. The van der Waals surface area contributed by atoms with Gasteiger partial charge >= 0.3 is 0 Å². The zero-order valence-corrected chi connectivity index (χ0v) is 18.5. The summed E-state index contributed by atoms with van der Waals surface area (Å²) >= 11 is 3.20. The van der Waals surface area contributed by atoms with E-state index in [4.69, 9.17) is 5.11 Å². The normalized spacial score (nSPS) is 15.7. The Labute approximate surface area is 176 Å². The maximum Gasteiger partial charge on any atom is 0.196 e. The quantitative estimate of drug-likeness (QED) is 0.265. The number of rotatable bonds is 8. The highest BCUT2D eigenvalue weighted by molar-refractivity contribution is 7.97. The fourth-order valence-electron chi connectivity index (χ4n) is 3.61. The molecular weight excluding hydrogens is 386 g/mol. The Morgan fingerprint density at radius 2 is 2.04 bits per heavy atom. The second-order valence-electron chi connectivity index (χ2n) is 7.99. The number of fused-ring (bicyclic) bond motifs is 1. The van der Waals surface area contributed by atoms with Gasteiger partial charge in [0.05, 0.1) is 11.5 Å². The van der Waals surface area contributed by atoms with E-state index >= 15 is 0 Å². The van der Waals surface area contributed by atoms with Crippen LogP contribution >= 0.6 is 23.3 Å². The largest absolute Gasteiger partial charge is 0.395 e. The predicted molar refractivity (Wildman–Crippen MR) is 120 cm³/mol. The minimum absolute atomic E-state index is 0.125. The second-order valence-corrected chi connectivity index (χ2v) is 10.1. The molecule has 0 spiro atoms. The van der Waals surface area contributed by atoms with Gasteiger partial charge in [-0.2, -0.15) is 0 Å². The molecular formula is C23H29NO2S2.